The van der Waals surface area contributed by atoms with Gasteiger partial charge in [0.1, 0.15) is 24.8 Å². The number of aromatic nitrogens is 2. The maximum absolute atomic E-state index is 6.14. The van der Waals surface area contributed by atoms with Crippen molar-refractivity contribution in [2.24, 2.45) is 11.3 Å². The summed E-state index contributed by atoms with van der Waals surface area (Å²) >= 11 is 7.27. The van der Waals surface area contributed by atoms with E-state index in [-0.39, 0.29) is 30.0 Å². The predicted molar refractivity (Wildman–Crippen MR) is 145 cm³/mol. The van der Waals surface area contributed by atoms with Crippen molar-refractivity contribution >= 4 is 62.3 Å². The van der Waals surface area contributed by atoms with Gasteiger partial charge in [-0.1, -0.05) is 36.7 Å². The second-order valence-corrected chi connectivity index (χ2v) is 11.3. The minimum Gasteiger partial charge on any atom is -0.490 e. The molecule has 1 aromatic heterocycles. The molecule has 1 aromatic carbocycles. The zero-order valence-corrected chi connectivity index (χ0v) is 26.2. The van der Waals surface area contributed by atoms with Crippen LogP contribution in [0.2, 0.25) is 13.1 Å². The normalized spacial score (nSPS) is 15.1. The molecule has 7 nitrogen and oxygen atoms in total. The molecule has 0 spiro atoms. The number of fused-ring (bicyclic) bond motifs is 1. The van der Waals surface area contributed by atoms with Gasteiger partial charge in [0.25, 0.3) is 0 Å². The fourth-order valence-electron chi connectivity index (χ4n) is 3.48. The van der Waals surface area contributed by atoms with E-state index in [0.717, 1.165) is 27.7 Å². The van der Waals surface area contributed by atoms with Crippen molar-refractivity contribution < 1.29 is 23.1 Å². The van der Waals surface area contributed by atoms with Crippen LogP contribution in [0.4, 0.5) is 0 Å². The summed E-state index contributed by atoms with van der Waals surface area (Å²) in [4.78, 5) is 0. The van der Waals surface area contributed by atoms with Gasteiger partial charge in [-0.25, -0.2) is 0 Å². The first-order valence-electron chi connectivity index (χ1n) is 11.4. The first-order chi connectivity index (χ1) is 16.2. The molecule has 0 aliphatic rings. The van der Waals surface area contributed by atoms with Gasteiger partial charge < -0.3 is 23.1 Å². The maximum atomic E-state index is 6.14. The van der Waals surface area contributed by atoms with E-state index in [1.54, 1.807) is 0 Å². The number of alkyl halides is 1. The lowest BCUT2D eigenvalue weighted by Crippen LogP contribution is -2.42. The molecule has 2 aromatic rings. The first-order valence-corrected chi connectivity index (χ1v) is 16.2. The maximum Gasteiger partial charge on any atom is 0.229 e. The van der Waals surface area contributed by atoms with Crippen LogP contribution in [0.1, 0.15) is 34.6 Å². The van der Waals surface area contributed by atoms with Gasteiger partial charge in [-0.15, -0.1) is 0 Å². The Morgan fingerprint density at radius 1 is 1.15 bits per heavy atom. The van der Waals surface area contributed by atoms with Crippen molar-refractivity contribution in [3.63, 3.8) is 0 Å². The molecule has 3 atom stereocenters. The molecule has 4 radical (unpaired) electrons. The van der Waals surface area contributed by atoms with Gasteiger partial charge in [0, 0.05) is 29.3 Å². The Balaban J connectivity index is 2.19. The molecule has 0 N–H and O–H groups in total. The topological polar surface area (TPSA) is 64.0 Å². The zero-order valence-electron chi connectivity index (χ0n) is 21.1. The number of benzene rings is 1. The average Bonchev–Trinajstić information content (AvgIpc) is 3.21. The largest absolute Gasteiger partial charge is 0.490 e. The van der Waals surface area contributed by atoms with E-state index < -0.39 is 0 Å². The highest BCUT2D eigenvalue weighted by atomic mass is 79.9. The van der Waals surface area contributed by atoms with Crippen molar-refractivity contribution in [3.8, 4) is 5.75 Å². The number of hydrogen-bond donors (Lipinski definition) is 0. The van der Waals surface area contributed by atoms with Crippen molar-refractivity contribution in [1.82, 2.24) is 9.78 Å². The molecule has 1 heterocycles. The van der Waals surface area contributed by atoms with E-state index in [9.17, 15) is 0 Å². The lowest BCUT2D eigenvalue weighted by atomic mass is 9.79. The van der Waals surface area contributed by atoms with Crippen LogP contribution >= 0.6 is 31.9 Å². The minimum atomic E-state index is -0.286. The number of halogens is 2. The van der Waals surface area contributed by atoms with Crippen LogP contribution in [-0.2, 0) is 24.9 Å². The van der Waals surface area contributed by atoms with Gasteiger partial charge in [-0.3, -0.25) is 4.68 Å². The summed E-state index contributed by atoms with van der Waals surface area (Å²) in [5.74, 6) is 1.000. The lowest BCUT2D eigenvalue weighted by Gasteiger charge is -2.39. The summed E-state index contributed by atoms with van der Waals surface area (Å²) < 4.78 is 32.4. The summed E-state index contributed by atoms with van der Waals surface area (Å²) in [6, 6.07) is 4.00. The molecular weight excluding hydrogens is 600 g/mol. The third kappa shape index (κ3) is 7.86. The minimum absolute atomic E-state index is 0.134. The summed E-state index contributed by atoms with van der Waals surface area (Å²) in [6.07, 6.45) is 1.22. The van der Waals surface area contributed by atoms with E-state index >= 15 is 0 Å². The van der Waals surface area contributed by atoms with E-state index in [0.29, 0.717) is 38.1 Å². The lowest BCUT2D eigenvalue weighted by molar-refractivity contribution is -0.157. The third-order valence-electron chi connectivity index (χ3n) is 5.86. The fourth-order valence-corrected chi connectivity index (χ4v) is 5.73. The summed E-state index contributed by atoms with van der Waals surface area (Å²) in [5.41, 5.74) is 0.815. The Kier molecular flexibility index (Phi) is 12.7. The molecule has 34 heavy (non-hydrogen) atoms. The van der Waals surface area contributed by atoms with Gasteiger partial charge in [0.15, 0.2) is 6.29 Å². The summed E-state index contributed by atoms with van der Waals surface area (Å²) in [6.45, 7) is 16.2. The predicted octanol–water partition coefficient (Wildman–Crippen LogP) is 5.70. The highest BCUT2D eigenvalue weighted by molar-refractivity contribution is 9.10. The van der Waals surface area contributed by atoms with Crippen LogP contribution in [0, 0.1) is 11.3 Å². The van der Waals surface area contributed by atoms with E-state index in [1.165, 1.54) is 0 Å². The smallest absolute Gasteiger partial charge is 0.229 e. The van der Waals surface area contributed by atoms with Crippen LogP contribution in [0.3, 0.4) is 0 Å². The van der Waals surface area contributed by atoms with Crippen LogP contribution in [-0.4, -0.2) is 66.5 Å². The van der Waals surface area contributed by atoms with Crippen molar-refractivity contribution in [2.45, 2.75) is 72.9 Å². The Morgan fingerprint density at radius 2 is 1.82 bits per heavy atom. The molecular formula is C23H36Br2N2O5Si2. The van der Waals surface area contributed by atoms with Gasteiger partial charge in [-0.05, 0) is 60.9 Å². The SMILES string of the molecule is CCOC(C)OC(CBr)COc1ccc2cnn(CC(C)C(C)(C)C(O[Si]C)O[Si]C)c2c1Br. The third-order valence-corrected chi connectivity index (χ3v) is 8.25. The number of ether oxygens (including phenoxy) is 3. The number of rotatable bonds is 16. The molecule has 0 amide bonds. The van der Waals surface area contributed by atoms with E-state index in [2.05, 4.69) is 57.7 Å². The number of nitrogens with zero attached hydrogens (tertiary/aromatic N) is 2. The van der Waals surface area contributed by atoms with Crippen molar-refractivity contribution in [1.29, 1.82) is 0 Å². The van der Waals surface area contributed by atoms with Crippen LogP contribution in [0.25, 0.3) is 10.9 Å². The first kappa shape index (κ1) is 30.0. The van der Waals surface area contributed by atoms with Crippen LogP contribution in [0.15, 0.2) is 22.8 Å². The van der Waals surface area contributed by atoms with Crippen molar-refractivity contribution in [2.75, 3.05) is 18.5 Å². The molecule has 0 fully saturated rings. The Morgan fingerprint density at radius 3 is 2.41 bits per heavy atom. The van der Waals surface area contributed by atoms with Gasteiger partial charge >= 0.3 is 0 Å². The molecule has 3 unspecified atom stereocenters. The van der Waals surface area contributed by atoms with Gasteiger partial charge in [-0.2, -0.15) is 5.10 Å². The quantitative estimate of drug-likeness (QED) is 0.134. The summed E-state index contributed by atoms with van der Waals surface area (Å²) in [5, 5.41) is 6.38. The Labute approximate surface area is 225 Å². The molecule has 0 saturated carbocycles. The Hall–Kier alpha value is -0.276. The fraction of sp³-hybridized carbons (Fsp3) is 0.696. The monoisotopic (exact) mass is 634 g/mol. The molecule has 190 valence electrons. The summed E-state index contributed by atoms with van der Waals surface area (Å²) in [7, 11) is 0.751. The van der Waals surface area contributed by atoms with E-state index in [4.69, 9.17) is 23.1 Å². The zero-order chi connectivity index (χ0) is 25.3. The van der Waals surface area contributed by atoms with Crippen molar-refractivity contribution in [3.05, 3.63) is 22.8 Å². The molecule has 0 aliphatic heterocycles. The standard InChI is InChI=1S/C23H36Br2N2O5Si2/c1-8-28-16(3)30-18(11-24)14-29-19-10-9-17-12-26-27(21(17)20(19)25)13-15(2)23(4,5)22(31-33-6)32-34-7/h9-10,12,15-16,18,22H,8,11,13-14H2,1-7H3. The Bertz CT molecular complexity index is 880. The second kappa shape index (κ2) is 14.5. The number of hydrogen-bond acceptors (Lipinski definition) is 6. The van der Waals surface area contributed by atoms with Crippen LogP contribution in [0.5, 0.6) is 5.75 Å². The van der Waals surface area contributed by atoms with E-state index in [1.807, 2.05) is 50.0 Å². The second-order valence-electron chi connectivity index (χ2n) is 8.59. The van der Waals surface area contributed by atoms with Gasteiger partial charge in [0.2, 0.25) is 19.5 Å². The van der Waals surface area contributed by atoms with Gasteiger partial charge in [0.05, 0.1) is 16.2 Å². The molecule has 2 rings (SSSR count). The van der Waals surface area contributed by atoms with Crippen LogP contribution < -0.4 is 4.74 Å². The molecule has 0 saturated heterocycles. The average molecular weight is 637 g/mol. The molecule has 11 heteroatoms. The highest BCUT2D eigenvalue weighted by Gasteiger charge is 2.36. The molecule has 0 aliphatic carbocycles. The molecule has 0 bridgehead atoms. The highest BCUT2D eigenvalue weighted by Crippen LogP contribution is 2.37.